The zero-order valence-corrected chi connectivity index (χ0v) is 20.4. The normalized spacial score (nSPS) is 23.5. The second-order valence-corrected chi connectivity index (χ2v) is 9.20. The molecule has 3 heterocycles. The Hall–Kier alpha value is -3.31. The van der Waals surface area contributed by atoms with Crippen LogP contribution in [-0.2, 0) is 0 Å². The molecule has 0 fully saturated rings. The smallest absolute Gasteiger partial charge is 0.147 e. The molecule has 1 aromatic heterocycles. The van der Waals surface area contributed by atoms with E-state index in [1.807, 2.05) is 49.2 Å². The third-order valence-corrected chi connectivity index (χ3v) is 6.90. The number of methoxy groups -OCH3 is 1. The number of ether oxygens (including phenoxy) is 1. The molecule has 0 saturated heterocycles. The first kappa shape index (κ1) is 23.4. The summed E-state index contributed by atoms with van der Waals surface area (Å²) in [4.78, 5) is 10.6. The van der Waals surface area contributed by atoms with E-state index in [1.54, 1.807) is 18.1 Å². The highest BCUT2D eigenvalue weighted by Gasteiger charge is 2.42. The van der Waals surface area contributed by atoms with Gasteiger partial charge >= 0.3 is 0 Å². The largest absolute Gasteiger partial charge is 0.494 e. The van der Waals surface area contributed by atoms with Crippen LogP contribution in [0, 0.1) is 12.7 Å². The molecule has 2 aliphatic rings. The van der Waals surface area contributed by atoms with Gasteiger partial charge < -0.3 is 20.3 Å². The average molecular weight is 479 g/mol. The van der Waals surface area contributed by atoms with Crippen molar-refractivity contribution >= 4 is 5.69 Å². The van der Waals surface area contributed by atoms with Gasteiger partial charge in [-0.2, -0.15) is 5.10 Å². The van der Waals surface area contributed by atoms with Crippen LogP contribution in [0.3, 0.4) is 0 Å². The number of rotatable bonds is 4. The first-order chi connectivity index (χ1) is 16.8. The van der Waals surface area contributed by atoms with E-state index in [1.165, 1.54) is 12.1 Å². The van der Waals surface area contributed by atoms with Gasteiger partial charge in [-0.3, -0.25) is 10.6 Å². The van der Waals surface area contributed by atoms with Crippen LogP contribution in [0.5, 0.6) is 5.75 Å². The van der Waals surface area contributed by atoms with Crippen molar-refractivity contribution in [2.24, 2.45) is 11.5 Å². The van der Waals surface area contributed by atoms with E-state index < -0.39 is 6.29 Å². The summed E-state index contributed by atoms with van der Waals surface area (Å²) >= 11 is 0. The number of hydrogen-bond donors (Lipinski definition) is 2. The first-order valence-electron chi connectivity index (χ1n) is 11.5. The molecule has 184 valence electrons. The number of nitrogens with two attached hydrogens (primary N) is 2. The van der Waals surface area contributed by atoms with Crippen molar-refractivity contribution in [1.82, 2.24) is 24.6 Å². The van der Waals surface area contributed by atoms with Gasteiger partial charge in [0.2, 0.25) is 0 Å². The molecule has 5 rings (SSSR count). The molecule has 0 radical (unpaired) electrons. The van der Waals surface area contributed by atoms with E-state index in [0.29, 0.717) is 11.6 Å². The molecule has 4 N–H and O–H groups in total. The fourth-order valence-corrected chi connectivity index (χ4v) is 5.08. The molecule has 0 spiro atoms. The van der Waals surface area contributed by atoms with E-state index in [4.69, 9.17) is 16.2 Å². The minimum absolute atomic E-state index is 0.0289. The maximum absolute atomic E-state index is 13.7. The first-order valence-corrected chi connectivity index (χ1v) is 11.5. The van der Waals surface area contributed by atoms with Crippen molar-refractivity contribution in [3.63, 3.8) is 0 Å². The summed E-state index contributed by atoms with van der Waals surface area (Å²) in [6, 6.07) is 12.6. The van der Waals surface area contributed by atoms with E-state index in [-0.39, 0.29) is 17.9 Å². The number of aryl methyl sites for hydroxylation is 1. The van der Waals surface area contributed by atoms with Crippen molar-refractivity contribution in [3.05, 3.63) is 77.3 Å². The molecule has 3 aromatic rings. The van der Waals surface area contributed by atoms with Crippen LogP contribution in [0.25, 0.3) is 5.69 Å². The van der Waals surface area contributed by atoms with E-state index in [2.05, 4.69) is 26.9 Å². The molecule has 9 nitrogen and oxygen atoms in total. The lowest BCUT2D eigenvalue weighted by Crippen LogP contribution is -2.65. The van der Waals surface area contributed by atoms with Crippen LogP contribution in [0.2, 0.25) is 0 Å². The third kappa shape index (κ3) is 4.08. The summed E-state index contributed by atoms with van der Waals surface area (Å²) in [7, 11) is 5.63. The number of halogens is 1. The van der Waals surface area contributed by atoms with Crippen molar-refractivity contribution in [2.45, 2.75) is 25.3 Å². The van der Waals surface area contributed by atoms with Gasteiger partial charge in [-0.05, 0) is 56.4 Å². The fraction of sp³-hybridized carbons (Fsp3) is 0.360. The molecule has 0 amide bonds. The molecule has 2 aromatic carbocycles. The Labute approximate surface area is 204 Å². The van der Waals surface area contributed by atoms with Gasteiger partial charge in [-0.25, -0.2) is 14.1 Å². The van der Waals surface area contributed by atoms with Crippen molar-refractivity contribution in [1.29, 1.82) is 0 Å². The zero-order valence-electron chi connectivity index (χ0n) is 20.4. The molecular weight excluding hydrogens is 447 g/mol. The summed E-state index contributed by atoms with van der Waals surface area (Å²) in [6.07, 6.45) is 0.828. The van der Waals surface area contributed by atoms with E-state index >= 15 is 0 Å². The highest BCUT2D eigenvalue weighted by molar-refractivity contribution is 5.65. The molecule has 3 unspecified atom stereocenters. The van der Waals surface area contributed by atoms with Gasteiger partial charge in [0.1, 0.15) is 35.7 Å². The number of likely N-dealkylation sites (N-methyl/N-ethyl adjacent to an activating group) is 2. The molecule has 2 aliphatic heterocycles. The lowest BCUT2D eigenvalue weighted by Gasteiger charge is -2.52. The predicted molar refractivity (Wildman–Crippen MR) is 133 cm³/mol. The number of anilines is 1. The second kappa shape index (κ2) is 9.04. The molecule has 0 saturated carbocycles. The van der Waals surface area contributed by atoms with Gasteiger partial charge in [-0.1, -0.05) is 12.1 Å². The second-order valence-electron chi connectivity index (χ2n) is 9.20. The summed E-state index contributed by atoms with van der Waals surface area (Å²) in [6.45, 7) is 3.32. The summed E-state index contributed by atoms with van der Waals surface area (Å²) in [5.41, 5.74) is 18.3. The maximum atomic E-state index is 13.7. The number of aromatic nitrogens is 3. The zero-order chi connectivity index (χ0) is 24.9. The van der Waals surface area contributed by atoms with E-state index in [0.717, 1.165) is 41.3 Å². The summed E-state index contributed by atoms with van der Waals surface area (Å²) in [5, 5.41) is 4.42. The van der Waals surface area contributed by atoms with Gasteiger partial charge in [-0.15, -0.1) is 0 Å². The quantitative estimate of drug-likeness (QED) is 0.587. The van der Waals surface area contributed by atoms with Crippen LogP contribution >= 0.6 is 0 Å². The Balaban J connectivity index is 1.65. The third-order valence-electron chi connectivity index (χ3n) is 6.90. The van der Waals surface area contributed by atoms with Gasteiger partial charge in [0, 0.05) is 36.5 Å². The fourth-order valence-electron chi connectivity index (χ4n) is 5.08. The number of benzene rings is 2. The summed E-state index contributed by atoms with van der Waals surface area (Å²) in [5.74, 6) is 1.03. The molecule has 0 bridgehead atoms. The van der Waals surface area contributed by atoms with Crippen LogP contribution in [0.4, 0.5) is 10.1 Å². The van der Waals surface area contributed by atoms with Gasteiger partial charge in [0.15, 0.2) is 0 Å². The van der Waals surface area contributed by atoms with Crippen LogP contribution < -0.4 is 21.1 Å². The van der Waals surface area contributed by atoms with Crippen molar-refractivity contribution in [3.8, 4) is 11.4 Å². The average Bonchev–Trinajstić information content (AvgIpc) is 3.29. The molecule has 35 heavy (non-hydrogen) atoms. The van der Waals surface area contributed by atoms with Gasteiger partial charge in [0.25, 0.3) is 0 Å². The minimum Gasteiger partial charge on any atom is -0.494 e. The Kier molecular flexibility index (Phi) is 6.06. The Morgan fingerprint density at radius 2 is 1.83 bits per heavy atom. The van der Waals surface area contributed by atoms with Crippen LogP contribution in [0.15, 0.2) is 60.1 Å². The molecule has 3 atom stereocenters. The van der Waals surface area contributed by atoms with E-state index in [9.17, 15) is 4.39 Å². The SMILES string of the molecule is COc1cc(N2C3=C(CN(C)CC3c3ccc(F)cc3)C(N)N(C)C2N)ccc1-n1cnc(C)n1. The molecule has 10 heteroatoms. The lowest BCUT2D eigenvalue weighted by atomic mass is 9.85. The topological polar surface area (TPSA) is 102 Å². The Morgan fingerprint density at radius 1 is 1.09 bits per heavy atom. The Bertz CT molecular complexity index is 1260. The minimum atomic E-state index is -0.501. The molecule has 0 aliphatic carbocycles. The van der Waals surface area contributed by atoms with Crippen LogP contribution in [-0.4, -0.2) is 71.3 Å². The maximum Gasteiger partial charge on any atom is 0.147 e. The Morgan fingerprint density at radius 3 is 2.49 bits per heavy atom. The highest BCUT2D eigenvalue weighted by atomic mass is 19.1. The van der Waals surface area contributed by atoms with Gasteiger partial charge in [0.05, 0.1) is 13.3 Å². The molecular formula is C25H31FN8O. The number of hydrogen-bond acceptors (Lipinski definition) is 8. The van der Waals surface area contributed by atoms with Crippen LogP contribution in [0.1, 0.15) is 17.3 Å². The lowest BCUT2D eigenvalue weighted by molar-refractivity contribution is 0.159. The predicted octanol–water partition coefficient (Wildman–Crippen LogP) is 1.99. The highest BCUT2D eigenvalue weighted by Crippen LogP contribution is 2.42. The summed E-state index contributed by atoms with van der Waals surface area (Å²) < 4.78 is 21.2. The standard InChI is InChI=1S/C25H31FN8O/c1-15-29-14-33(30-15)21-10-9-18(11-22(21)35-4)34-23-19(16-5-7-17(26)8-6-16)12-31(2)13-20(23)24(27)32(3)25(34)28/h5-11,14,19,24-25H,12-13,27-28H2,1-4H3. The van der Waals surface area contributed by atoms with Crippen molar-refractivity contribution < 1.29 is 9.13 Å². The monoisotopic (exact) mass is 478 g/mol. The number of nitrogens with zero attached hydrogens (tertiary/aromatic N) is 6. The van der Waals surface area contributed by atoms with Crippen molar-refractivity contribution in [2.75, 3.05) is 39.2 Å².